The van der Waals surface area contributed by atoms with Gasteiger partial charge in [0.1, 0.15) is 22.5 Å². The van der Waals surface area contributed by atoms with Crippen LogP contribution in [0.4, 0.5) is 0 Å². The van der Waals surface area contributed by atoms with E-state index in [1.54, 1.807) is 42.5 Å². The number of allylic oxidation sites excluding steroid dienone is 1. The Morgan fingerprint density at radius 1 is 1.42 bits per heavy atom. The fraction of sp³-hybridized carbons (Fsp3) is 0.481. The van der Waals surface area contributed by atoms with Crippen molar-refractivity contribution in [3.63, 3.8) is 0 Å². The zero-order valence-electron chi connectivity index (χ0n) is 22.2. The number of rotatable bonds is 11. The monoisotopic (exact) mass is 536 g/mol. The molecule has 10 nitrogen and oxygen atoms in total. The van der Waals surface area contributed by atoms with E-state index >= 15 is 0 Å². The maximum Gasteiger partial charge on any atom is 0.269 e. The van der Waals surface area contributed by atoms with Gasteiger partial charge in [-0.3, -0.25) is 14.7 Å². The minimum atomic E-state index is -0.891. The second-order valence-corrected chi connectivity index (χ2v) is 10.4. The lowest BCUT2D eigenvalue weighted by molar-refractivity contribution is -0.117. The number of carbonyl (C=O) groups is 1. The number of nitrogens with zero attached hydrogens (tertiary/aromatic N) is 6. The Bertz CT molecular complexity index is 1180. The van der Waals surface area contributed by atoms with E-state index in [1.807, 2.05) is 24.4 Å². The van der Waals surface area contributed by atoms with Crippen LogP contribution in [0.1, 0.15) is 31.6 Å². The average Bonchev–Trinajstić information content (AvgIpc) is 3.39. The van der Waals surface area contributed by atoms with Gasteiger partial charge in [-0.15, -0.1) is 11.3 Å². The van der Waals surface area contributed by atoms with E-state index < -0.39 is 5.92 Å². The maximum absolute atomic E-state index is 12.9. The number of amides is 1. The molecule has 202 valence electrons. The van der Waals surface area contributed by atoms with E-state index in [1.165, 1.54) is 11.8 Å². The Labute approximate surface area is 228 Å². The Morgan fingerprint density at radius 2 is 2.18 bits per heavy atom. The number of likely N-dealkylation sites (tertiary alicyclic amines) is 1. The van der Waals surface area contributed by atoms with Gasteiger partial charge in [-0.1, -0.05) is 12.1 Å². The van der Waals surface area contributed by atoms with Gasteiger partial charge in [-0.05, 0) is 57.8 Å². The van der Waals surface area contributed by atoms with Gasteiger partial charge in [0.25, 0.3) is 5.91 Å². The number of likely N-dealkylation sites (N-methyl/N-ethyl adjacent to an activating group) is 1. The first-order valence-electron chi connectivity index (χ1n) is 12.7. The Morgan fingerprint density at radius 3 is 2.79 bits per heavy atom. The predicted octanol–water partition coefficient (Wildman–Crippen LogP) is 2.94. The van der Waals surface area contributed by atoms with Crippen LogP contribution in [-0.4, -0.2) is 82.2 Å². The molecule has 1 saturated heterocycles. The summed E-state index contributed by atoms with van der Waals surface area (Å²) in [4.78, 5) is 31.5. The third kappa shape index (κ3) is 8.02. The molecule has 3 N–H and O–H groups in total. The van der Waals surface area contributed by atoms with Gasteiger partial charge >= 0.3 is 0 Å². The highest BCUT2D eigenvalue weighted by Gasteiger charge is 2.24. The number of nitriles is 1. The lowest BCUT2D eigenvalue weighted by Crippen LogP contribution is -2.39. The number of nitrogens with one attached hydrogen (secondary N) is 2. The minimum Gasteiger partial charge on any atom is -0.395 e. The molecule has 1 aliphatic rings. The molecule has 1 unspecified atom stereocenters. The van der Waals surface area contributed by atoms with Crippen LogP contribution in [0.25, 0.3) is 10.7 Å². The highest BCUT2D eigenvalue weighted by molar-refractivity contribution is 7.14. The molecule has 3 heterocycles. The van der Waals surface area contributed by atoms with Gasteiger partial charge < -0.3 is 20.7 Å². The summed E-state index contributed by atoms with van der Waals surface area (Å²) in [6, 6.07) is 7.91. The van der Waals surface area contributed by atoms with Crippen molar-refractivity contribution in [2.75, 3.05) is 39.8 Å². The second-order valence-electron chi connectivity index (χ2n) is 9.31. The molecular weight excluding hydrogens is 500 g/mol. The molecule has 0 radical (unpaired) electrons. The van der Waals surface area contributed by atoms with Gasteiger partial charge in [0.05, 0.1) is 18.4 Å². The average molecular weight is 537 g/mol. The molecule has 0 saturated carbocycles. The summed E-state index contributed by atoms with van der Waals surface area (Å²) in [6.45, 7) is 6.68. The van der Waals surface area contributed by atoms with Crippen molar-refractivity contribution in [2.45, 2.75) is 33.2 Å². The number of aliphatic hydroxyl groups is 1. The van der Waals surface area contributed by atoms with E-state index in [-0.39, 0.29) is 36.3 Å². The van der Waals surface area contributed by atoms with Crippen LogP contribution in [0.3, 0.4) is 0 Å². The molecule has 1 fully saturated rings. The van der Waals surface area contributed by atoms with E-state index in [2.05, 4.69) is 31.2 Å². The Hall–Kier alpha value is -3.46. The molecule has 1 amide bonds. The molecule has 0 bridgehead atoms. The first-order chi connectivity index (χ1) is 18.4. The quantitative estimate of drug-likeness (QED) is 0.228. The molecule has 0 spiro atoms. The SMILES string of the molecule is C/C=C(\N=C(C(C#N)C(C)=N)N(C)CCO)C(=O)NCC1CCN(Cc2cnc(-c3ccccn3)s2)CC1. The number of pyridine rings is 1. The summed E-state index contributed by atoms with van der Waals surface area (Å²) >= 11 is 1.67. The third-order valence-electron chi connectivity index (χ3n) is 6.46. The van der Waals surface area contributed by atoms with Crippen molar-refractivity contribution in [1.29, 1.82) is 10.7 Å². The molecule has 2 aromatic heterocycles. The minimum absolute atomic E-state index is 0.130. The van der Waals surface area contributed by atoms with Crippen molar-refractivity contribution in [1.82, 2.24) is 25.1 Å². The topological polar surface area (TPSA) is 142 Å². The van der Waals surface area contributed by atoms with E-state index in [0.717, 1.165) is 43.2 Å². The summed E-state index contributed by atoms with van der Waals surface area (Å²) in [5.74, 6) is -0.553. The van der Waals surface area contributed by atoms with Crippen molar-refractivity contribution >= 4 is 28.8 Å². The Balaban J connectivity index is 1.52. The van der Waals surface area contributed by atoms with Crippen LogP contribution in [0.2, 0.25) is 0 Å². The fourth-order valence-corrected chi connectivity index (χ4v) is 5.17. The van der Waals surface area contributed by atoms with Gasteiger partial charge in [-0.25, -0.2) is 9.98 Å². The molecular formula is C27H36N8O2S. The zero-order chi connectivity index (χ0) is 27.5. The van der Waals surface area contributed by atoms with Gasteiger partial charge in [0.15, 0.2) is 0 Å². The number of amidine groups is 1. The van der Waals surface area contributed by atoms with Crippen molar-refractivity contribution in [3.8, 4) is 16.8 Å². The molecule has 38 heavy (non-hydrogen) atoms. The number of piperidine rings is 1. The van der Waals surface area contributed by atoms with E-state index in [9.17, 15) is 15.2 Å². The van der Waals surface area contributed by atoms with Gasteiger partial charge in [0.2, 0.25) is 0 Å². The van der Waals surface area contributed by atoms with Crippen molar-refractivity contribution < 1.29 is 9.90 Å². The molecule has 0 aromatic carbocycles. The van der Waals surface area contributed by atoms with Crippen LogP contribution < -0.4 is 5.32 Å². The zero-order valence-corrected chi connectivity index (χ0v) is 23.0. The Kier molecular flexibility index (Phi) is 11.1. The summed E-state index contributed by atoms with van der Waals surface area (Å²) < 4.78 is 0. The summed E-state index contributed by atoms with van der Waals surface area (Å²) in [5.41, 5.74) is 1.22. The number of carbonyl (C=O) groups excluding carboxylic acids is 1. The molecule has 3 rings (SSSR count). The molecule has 2 aromatic rings. The van der Waals surface area contributed by atoms with E-state index in [0.29, 0.717) is 12.5 Å². The fourth-order valence-electron chi connectivity index (χ4n) is 4.24. The number of thiazole rings is 1. The van der Waals surface area contributed by atoms with Crippen LogP contribution in [-0.2, 0) is 11.3 Å². The lowest BCUT2D eigenvalue weighted by Gasteiger charge is -2.31. The number of hydrogen-bond donors (Lipinski definition) is 3. The van der Waals surface area contributed by atoms with Crippen molar-refractivity contribution in [2.24, 2.45) is 16.8 Å². The maximum atomic E-state index is 12.9. The lowest BCUT2D eigenvalue weighted by atomic mass is 9.96. The molecule has 0 aliphatic carbocycles. The second kappa shape index (κ2) is 14.5. The van der Waals surface area contributed by atoms with Crippen LogP contribution in [0.15, 0.2) is 47.4 Å². The van der Waals surface area contributed by atoms with Crippen LogP contribution in [0.5, 0.6) is 0 Å². The van der Waals surface area contributed by atoms with Gasteiger partial charge in [-0.2, -0.15) is 5.26 Å². The first kappa shape index (κ1) is 29.1. The molecule has 1 atom stereocenters. The van der Waals surface area contributed by atoms with Crippen molar-refractivity contribution in [3.05, 3.63) is 47.2 Å². The molecule has 1 aliphatic heterocycles. The smallest absolute Gasteiger partial charge is 0.269 e. The first-order valence-corrected chi connectivity index (χ1v) is 13.6. The normalized spacial score (nSPS) is 16.1. The number of hydrogen-bond acceptors (Lipinski definition) is 9. The van der Waals surface area contributed by atoms with Crippen LogP contribution >= 0.6 is 11.3 Å². The van der Waals surface area contributed by atoms with Crippen LogP contribution in [0, 0.1) is 28.6 Å². The largest absolute Gasteiger partial charge is 0.395 e. The number of aliphatic imine (C=N–C) groups is 1. The highest BCUT2D eigenvalue weighted by Crippen LogP contribution is 2.26. The molecule has 11 heteroatoms. The van der Waals surface area contributed by atoms with Gasteiger partial charge in [0, 0.05) is 49.7 Å². The summed E-state index contributed by atoms with van der Waals surface area (Å²) in [6.07, 6.45) is 7.28. The number of aromatic nitrogens is 2. The predicted molar refractivity (Wildman–Crippen MR) is 150 cm³/mol. The van der Waals surface area contributed by atoms with E-state index in [4.69, 9.17) is 5.41 Å². The number of aliphatic hydroxyl groups excluding tert-OH is 1. The standard InChI is InChI=1S/C27H36N8O2S/c1-4-23(33-25(34(3)13-14-36)22(15-28)19(2)29)26(37)31-16-20-8-11-35(12-9-20)18-21-17-32-27(38-21)24-7-5-6-10-30-24/h4-7,10,17,20,22,29,36H,8-9,11-14,16,18H2,1-3H3,(H,31,37)/b23-4-,29-19?,33-25?. The summed E-state index contributed by atoms with van der Waals surface area (Å²) in [7, 11) is 1.69. The summed E-state index contributed by atoms with van der Waals surface area (Å²) in [5, 5.41) is 30.8. The third-order valence-corrected chi connectivity index (χ3v) is 7.47. The highest BCUT2D eigenvalue weighted by atomic mass is 32.1.